The number of likely N-dealkylation sites (N-methyl/N-ethyl adjacent to an activating group) is 1. The van der Waals surface area contributed by atoms with Crippen LogP contribution in [0.3, 0.4) is 0 Å². The second kappa shape index (κ2) is 10.4. The fourth-order valence-corrected chi connectivity index (χ4v) is 4.45. The van der Waals surface area contributed by atoms with E-state index in [1.54, 1.807) is 7.11 Å². The zero-order valence-corrected chi connectivity index (χ0v) is 19.9. The lowest BCUT2D eigenvalue weighted by molar-refractivity contribution is 0.174. The molecule has 1 aromatic heterocycles. The smallest absolute Gasteiger partial charge is 0.231 e. The van der Waals surface area contributed by atoms with Crippen molar-refractivity contribution < 1.29 is 18.7 Å². The lowest BCUT2D eigenvalue weighted by Gasteiger charge is -2.37. The van der Waals surface area contributed by atoms with Crippen LogP contribution in [0.25, 0.3) is 11.3 Å². The highest BCUT2D eigenvalue weighted by Gasteiger charge is 2.19. The molecule has 5 rings (SSSR count). The maximum atomic E-state index is 5.65. The minimum absolute atomic E-state index is 0.269. The average molecular weight is 465 g/mol. The molecule has 1 fully saturated rings. The van der Waals surface area contributed by atoms with E-state index >= 15 is 0 Å². The van der Waals surface area contributed by atoms with E-state index < -0.39 is 0 Å². The van der Waals surface area contributed by atoms with E-state index in [1.165, 1.54) is 5.69 Å². The molecule has 0 unspecified atom stereocenters. The molecule has 0 amide bonds. The Morgan fingerprint density at radius 1 is 0.971 bits per heavy atom. The summed E-state index contributed by atoms with van der Waals surface area (Å²) >= 11 is 0. The first-order chi connectivity index (χ1) is 16.7. The molecule has 0 N–H and O–H groups in total. The van der Waals surface area contributed by atoms with Crippen LogP contribution in [0.2, 0.25) is 0 Å². The summed E-state index contributed by atoms with van der Waals surface area (Å²) in [6.45, 7) is 10.4. The fraction of sp³-hybridized carbons (Fsp3) is 0.423. The number of anilines is 1. The van der Waals surface area contributed by atoms with Crippen LogP contribution < -0.4 is 19.1 Å². The zero-order chi connectivity index (χ0) is 23.3. The summed E-state index contributed by atoms with van der Waals surface area (Å²) in [6.07, 6.45) is 0. The van der Waals surface area contributed by atoms with Gasteiger partial charge in [0.1, 0.15) is 11.4 Å². The summed E-state index contributed by atoms with van der Waals surface area (Å²) in [7, 11) is 1.70. The lowest BCUT2D eigenvalue weighted by Crippen LogP contribution is -2.48. The van der Waals surface area contributed by atoms with Crippen LogP contribution in [-0.2, 0) is 6.54 Å². The number of hydrogen-bond acceptors (Lipinski definition) is 8. The van der Waals surface area contributed by atoms with Crippen molar-refractivity contribution in [3.63, 3.8) is 0 Å². The summed E-state index contributed by atoms with van der Waals surface area (Å²) in [5.74, 6) is 3.30. The number of aromatic nitrogens is 1. The fourth-order valence-electron chi connectivity index (χ4n) is 4.45. The summed E-state index contributed by atoms with van der Waals surface area (Å²) in [6, 6.07) is 16.2. The number of benzene rings is 2. The van der Waals surface area contributed by atoms with Gasteiger partial charge in [0.15, 0.2) is 17.3 Å². The molecule has 8 heteroatoms. The Balaban J connectivity index is 1.10. The molecule has 2 aliphatic rings. The second-order valence-corrected chi connectivity index (χ2v) is 8.64. The molecule has 3 aromatic rings. The van der Waals surface area contributed by atoms with Gasteiger partial charge in [-0.1, -0.05) is 12.1 Å². The van der Waals surface area contributed by atoms with E-state index in [1.807, 2.05) is 36.4 Å². The van der Waals surface area contributed by atoms with Crippen molar-refractivity contribution in [2.24, 2.45) is 0 Å². The number of methoxy groups -OCH3 is 1. The molecule has 180 valence electrons. The Bertz CT molecular complexity index is 1080. The van der Waals surface area contributed by atoms with E-state index in [4.69, 9.17) is 18.7 Å². The monoisotopic (exact) mass is 464 g/mol. The first-order valence-electron chi connectivity index (χ1n) is 11.9. The molecule has 0 aliphatic carbocycles. The number of rotatable bonds is 9. The Hall–Kier alpha value is -3.23. The Morgan fingerprint density at radius 3 is 2.53 bits per heavy atom. The Kier molecular flexibility index (Phi) is 6.87. The summed E-state index contributed by atoms with van der Waals surface area (Å²) in [5.41, 5.74) is 3.05. The predicted octanol–water partition coefficient (Wildman–Crippen LogP) is 3.72. The van der Waals surface area contributed by atoms with Crippen LogP contribution in [0.15, 0.2) is 53.1 Å². The molecule has 8 nitrogen and oxygen atoms in total. The van der Waals surface area contributed by atoms with Gasteiger partial charge >= 0.3 is 0 Å². The largest absolute Gasteiger partial charge is 0.497 e. The van der Waals surface area contributed by atoms with Gasteiger partial charge in [0.05, 0.1) is 13.7 Å². The highest BCUT2D eigenvalue weighted by atomic mass is 16.7. The van der Waals surface area contributed by atoms with E-state index in [0.29, 0.717) is 0 Å². The van der Waals surface area contributed by atoms with Gasteiger partial charge in [0.2, 0.25) is 6.79 Å². The van der Waals surface area contributed by atoms with Crippen LogP contribution in [-0.4, -0.2) is 74.7 Å². The van der Waals surface area contributed by atoms with Crippen molar-refractivity contribution in [2.75, 3.05) is 64.6 Å². The van der Waals surface area contributed by atoms with Crippen LogP contribution >= 0.6 is 0 Å². The normalized spacial score (nSPS) is 15.8. The van der Waals surface area contributed by atoms with E-state index in [2.05, 4.69) is 38.9 Å². The standard InChI is InChI=1S/C26H32N4O4/c1-3-28(10-11-29-12-14-30(15-13-29)21-5-7-22(31-2)8-6-21)18-23-17-24(27-34-23)20-4-9-25-26(16-20)33-19-32-25/h4-9,16-17H,3,10-15,18-19H2,1-2H3. The molecule has 2 aliphatic heterocycles. The predicted molar refractivity (Wildman–Crippen MR) is 131 cm³/mol. The third-order valence-corrected chi connectivity index (χ3v) is 6.60. The van der Waals surface area contributed by atoms with Gasteiger partial charge in [-0.3, -0.25) is 9.80 Å². The van der Waals surface area contributed by atoms with Gasteiger partial charge in [-0.15, -0.1) is 0 Å². The highest BCUT2D eigenvalue weighted by molar-refractivity contribution is 5.64. The molecular formula is C26H32N4O4. The molecule has 0 bridgehead atoms. The third kappa shape index (κ3) is 5.13. The zero-order valence-electron chi connectivity index (χ0n) is 19.9. The second-order valence-electron chi connectivity index (χ2n) is 8.64. The van der Waals surface area contributed by atoms with Crippen molar-refractivity contribution in [3.05, 3.63) is 54.3 Å². The van der Waals surface area contributed by atoms with E-state index in [9.17, 15) is 0 Å². The summed E-state index contributed by atoms with van der Waals surface area (Å²) < 4.78 is 21.8. The highest BCUT2D eigenvalue weighted by Crippen LogP contribution is 2.35. The SMILES string of the molecule is CCN(CCN1CCN(c2ccc(OC)cc2)CC1)Cc1cc(-c2ccc3c(c2)OCO3)no1. The van der Waals surface area contributed by atoms with Crippen LogP contribution in [0.1, 0.15) is 12.7 Å². The minimum atomic E-state index is 0.269. The lowest BCUT2D eigenvalue weighted by atomic mass is 10.1. The van der Waals surface area contributed by atoms with Gasteiger partial charge in [-0.25, -0.2) is 0 Å². The van der Waals surface area contributed by atoms with Crippen LogP contribution in [0.5, 0.6) is 17.2 Å². The van der Waals surface area contributed by atoms with Gasteiger partial charge in [0.25, 0.3) is 0 Å². The Labute approximate surface area is 200 Å². The van der Waals surface area contributed by atoms with Crippen molar-refractivity contribution in [1.29, 1.82) is 0 Å². The van der Waals surface area contributed by atoms with Crippen LogP contribution in [0.4, 0.5) is 5.69 Å². The molecule has 0 saturated carbocycles. The maximum absolute atomic E-state index is 5.65. The van der Waals surface area contributed by atoms with E-state index in [0.717, 1.165) is 86.6 Å². The van der Waals surface area contributed by atoms with Gasteiger partial charge in [-0.2, -0.15) is 0 Å². The van der Waals surface area contributed by atoms with E-state index in [-0.39, 0.29) is 6.79 Å². The molecule has 3 heterocycles. The van der Waals surface area contributed by atoms with Gasteiger partial charge in [-0.05, 0) is 49.0 Å². The summed E-state index contributed by atoms with van der Waals surface area (Å²) in [5, 5.41) is 4.28. The maximum Gasteiger partial charge on any atom is 0.231 e. The van der Waals surface area contributed by atoms with Gasteiger partial charge in [0, 0.05) is 56.6 Å². The third-order valence-electron chi connectivity index (χ3n) is 6.60. The van der Waals surface area contributed by atoms with Crippen molar-refractivity contribution in [1.82, 2.24) is 15.0 Å². The quantitative estimate of drug-likeness (QED) is 0.475. The van der Waals surface area contributed by atoms with Crippen molar-refractivity contribution in [3.8, 4) is 28.5 Å². The summed E-state index contributed by atoms with van der Waals surface area (Å²) in [4.78, 5) is 7.39. The van der Waals surface area contributed by atoms with Gasteiger partial charge < -0.3 is 23.6 Å². The number of hydrogen-bond donors (Lipinski definition) is 0. The average Bonchev–Trinajstić information content (AvgIpc) is 3.56. The minimum Gasteiger partial charge on any atom is -0.497 e. The molecule has 1 saturated heterocycles. The Morgan fingerprint density at radius 2 is 1.76 bits per heavy atom. The van der Waals surface area contributed by atoms with Crippen molar-refractivity contribution >= 4 is 5.69 Å². The molecule has 0 spiro atoms. The van der Waals surface area contributed by atoms with Crippen LogP contribution in [0, 0.1) is 0 Å². The molecule has 34 heavy (non-hydrogen) atoms. The molecule has 0 atom stereocenters. The first kappa shape index (κ1) is 22.6. The van der Waals surface area contributed by atoms with Crippen molar-refractivity contribution in [2.45, 2.75) is 13.5 Å². The molecule has 0 radical (unpaired) electrons. The first-order valence-corrected chi connectivity index (χ1v) is 11.9. The topological polar surface area (TPSA) is 63.4 Å². The number of piperazine rings is 1. The molecule has 2 aromatic carbocycles. The number of ether oxygens (including phenoxy) is 3. The number of nitrogens with zero attached hydrogens (tertiary/aromatic N) is 4. The molecular weight excluding hydrogens is 432 g/mol. The number of fused-ring (bicyclic) bond motifs is 1.